The average Bonchev–Trinajstić information content (AvgIpc) is 3.16. The van der Waals surface area contributed by atoms with Crippen LogP contribution in [0.3, 0.4) is 0 Å². The molecule has 5 atom stereocenters. The third kappa shape index (κ3) is 2.99. The highest BCUT2D eigenvalue weighted by Gasteiger charge is 2.72. The zero-order valence-electron chi connectivity index (χ0n) is 16.7. The van der Waals surface area contributed by atoms with Crippen molar-refractivity contribution in [2.45, 2.75) is 74.2 Å². The molecule has 1 spiro atoms. The Morgan fingerprint density at radius 2 is 1.78 bits per heavy atom. The first-order chi connectivity index (χ1) is 14.8. The molecule has 178 valence electrons. The second kappa shape index (κ2) is 6.58. The summed E-state index contributed by atoms with van der Waals surface area (Å²) in [5.74, 6) is -5.95. The summed E-state index contributed by atoms with van der Waals surface area (Å²) < 4.78 is 85.3. The van der Waals surface area contributed by atoms with Crippen molar-refractivity contribution in [2.24, 2.45) is 17.8 Å². The number of fused-ring (bicyclic) bond motifs is 1. The Balaban J connectivity index is 1.39. The summed E-state index contributed by atoms with van der Waals surface area (Å²) in [4.78, 5) is 35.5. The normalized spacial score (nSPS) is 44.4. The van der Waals surface area contributed by atoms with Crippen LogP contribution in [0.1, 0.15) is 39.0 Å². The van der Waals surface area contributed by atoms with Gasteiger partial charge in [-0.05, 0) is 38.0 Å². The first-order valence-corrected chi connectivity index (χ1v) is 11.5. The third-order valence-electron chi connectivity index (χ3n) is 7.09. The van der Waals surface area contributed by atoms with Crippen LogP contribution in [-0.2, 0) is 48.2 Å². The second-order valence-corrected chi connectivity index (χ2v) is 10.6. The summed E-state index contributed by atoms with van der Waals surface area (Å²) in [6.45, 7) is 1.15. The van der Waals surface area contributed by atoms with Gasteiger partial charge in [0.15, 0.2) is 18.0 Å². The first-order valence-electron chi connectivity index (χ1n) is 10.1. The topological polar surface area (TPSA) is 152 Å². The minimum absolute atomic E-state index is 0.0193. The number of carbonyl (C=O) groups is 3. The molecule has 0 amide bonds. The number of hydrogen-bond donors (Lipinski definition) is 1. The zero-order valence-corrected chi connectivity index (χ0v) is 17.5. The maximum absolute atomic E-state index is 13.8. The molecule has 6 fully saturated rings. The molecule has 0 aromatic carbocycles. The molecule has 4 aliphatic carbocycles. The van der Waals surface area contributed by atoms with Crippen LogP contribution in [0.5, 0.6) is 0 Å². The smallest absolute Gasteiger partial charge is 0.454 e. The minimum Gasteiger partial charge on any atom is -0.454 e. The van der Waals surface area contributed by atoms with Crippen molar-refractivity contribution >= 4 is 28.0 Å². The van der Waals surface area contributed by atoms with Gasteiger partial charge in [0.25, 0.3) is 6.29 Å². The monoisotopic (exact) mass is 482 g/mol. The lowest BCUT2D eigenvalue weighted by molar-refractivity contribution is -0.334. The van der Waals surface area contributed by atoms with Gasteiger partial charge in [0.2, 0.25) is 0 Å². The summed E-state index contributed by atoms with van der Waals surface area (Å²) >= 11 is 0. The molecule has 11 nitrogen and oxygen atoms in total. The molecule has 2 aliphatic heterocycles. The van der Waals surface area contributed by atoms with E-state index in [9.17, 15) is 31.6 Å². The van der Waals surface area contributed by atoms with E-state index in [1.807, 2.05) is 0 Å². The molecule has 2 heterocycles. The van der Waals surface area contributed by atoms with Crippen LogP contribution in [0.15, 0.2) is 0 Å². The molecule has 0 aromatic heterocycles. The van der Waals surface area contributed by atoms with Gasteiger partial charge in [-0.25, -0.2) is 9.59 Å². The number of esters is 3. The van der Waals surface area contributed by atoms with Crippen molar-refractivity contribution < 1.29 is 59.8 Å². The molecule has 4 saturated carbocycles. The molecule has 6 aliphatic rings. The Kier molecular flexibility index (Phi) is 4.51. The largest absolute Gasteiger partial charge is 0.465 e. The fraction of sp³-hybridized carbons (Fsp3) is 0.833. The number of ether oxygens (including phenoxy) is 5. The number of rotatable bonds is 4. The summed E-state index contributed by atoms with van der Waals surface area (Å²) in [5.41, 5.74) is -1.37. The Labute approximate surface area is 180 Å². The van der Waals surface area contributed by atoms with E-state index in [2.05, 4.69) is 0 Å². The van der Waals surface area contributed by atoms with Crippen LogP contribution in [0.2, 0.25) is 0 Å². The van der Waals surface area contributed by atoms with E-state index in [0.717, 1.165) is 6.92 Å². The van der Waals surface area contributed by atoms with Gasteiger partial charge in [-0.15, -0.1) is 0 Å². The van der Waals surface area contributed by atoms with Crippen molar-refractivity contribution in [3.63, 3.8) is 0 Å². The standard InChI is InChI=1S/C18H20F2O11S/c1-7(21)27-14-12-11(13(22)28-14)29-17(30-12)9-2-8-3-10(17)6-16(4-8,5-9)31-15(23)18(19,20)32(24,25)26/h8-12,14H,2-6H2,1H3,(H,24,25,26). The van der Waals surface area contributed by atoms with Crippen molar-refractivity contribution in [1.29, 1.82) is 0 Å². The molecular weight excluding hydrogens is 462 g/mol. The molecule has 32 heavy (non-hydrogen) atoms. The highest BCUT2D eigenvalue weighted by molar-refractivity contribution is 7.87. The van der Waals surface area contributed by atoms with Gasteiger partial charge >= 0.3 is 33.3 Å². The van der Waals surface area contributed by atoms with Crippen LogP contribution in [0.4, 0.5) is 8.78 Å². The maximum atomic E-state index is 13.8. The summed E-state index contributed by atoms with van der Waals surface area (Å²) in [7, 11) is -5.99. The summed E-state index contributed by atoms with van der Waals surface area (Å²) in [6.07, 6.45) is -1.95. The number of hydrogen-bond acceptors (Lipinski definition) is 10. The lowest BCUT2D eigenvalue weighted by atomic mass is 9.51. The lowest BCUT2D eigenvalue weighted by Gasteiger charge is -2.62. The zero-order chi connectivity index (χ0) is 23.3. The molecule has 0 aromatic rings. The van der Waals surface area contributed by atoms with Crippen LogP contribution in [0.25, 0.3) is 0 Å². The molecule has 4 bridgehead atoms. The van der Waals surface area contributed by atoms with Gasteiger partial charge in [-0.2, -0.15) is 17.2 Å². The average molecular weight is 482 g/mol. The SMILES string of the molecule is CC(=O)OC1OC(=O)C2OC3(OC12)C1CC2CC3CC(OC(=O)C(F)(F)S(=O)(=O)O)(C2)C1. The van der Waals surface area contributed by atoms with E-state index in [4.69, 9.17) is 28.2 Å². The molecule has 2 saturated heterocycles. The predicted octanol–water partition coefficient (Wildman–Crippen LogP) is 0.515. The van der Waals surface area contributed by atoms with Crippen molar-refractivity contribution in [2.75, 3.05) is 0 Å². The van der Waals surface area contributed by atoms with Gasteiger partial charge in [-0.1, -0.05) is 0 Å². The Hall–Kier alpha value is -1.90. The van der Waals surface area contributed by atoms with Gasteiger partial charge < -0.3 is 23.7 Å². The van der Waals surface area contributed by atoms with Crippen LogP contribution in [-0.4, -0.2) is 66.0 Å². The molecule has 14 heteroatoms. The number of carbonyl (C=O) groups excluding carboxylic acids is 3. The lowest BCUT2D eigenvalue weighted by Crippen LogP contribution is -2.66. The number of halogens is 2. The van der Waals surface area contributed by atoms with Gasteiger partial charge in [0.1, 0.15) is 5.60 Å². The number of alkyl halides is 2. The minimum atomic E-state index is -5.99. The van der Waals surface area contributed by atoms with E-state index in [1.165, 1.54) is 0 Å². The Morgan fingerprint density at radius 1 is 1.16 bits per heavy atom. The van der Waals surface area contributed by atoms with E-state index >= 15 is 0 Å². The number of cyclic esters (lactones) is 1. The third-order valence-corrected chi connectivity index (χ3v) is 7.90. The molecule has 0 radical (unpaired) electrons. The summed E-state index contributed by atoms with van der Waals surface area (Å²) in [5, 5.41) is -5.09. The van der Waals surface area contributed by atoms with Gasteiger partial charge in [0, 0.05) is 18.8 Å². The van der Waals surface area contributed by atoms with Crippen LogP contribution >= 0.6 is 0 Å². The molecule has 6 rings (SSSR count). The van der Waals surface area contributed by atoms with Gasteiger partial charge in [0.05, 0.1) is 0 Å². The second-order valence-electron chi connectivity index (χ2n) is 9.17. The molecular formula is C18H20F2O11S. The maximum Gasteiger partial charge on any atom is 0.465 e. The Bertz CT molecular complexity index is 977. The van der Waals surface area contributed by atoms with Crippen LogP contribution in [0, 0.1) is 17.8 Å². The fourth-order valence-electron chi connectivity index (χ4n) is 6.18. The van der Waals surface area contributed by atoms with E-state index < -0.39 is 75.0 Å². The van der Waals surface area contributed by atoms with Crippen molar-refractivity contribution in [1.82, 2.24) is 0 Å². The quantitative estimate of drug-likeness (QED) is 0.441. The summed E-state index contributed by atoms with van der Waals surface area (Å²) in [6, 6.07) is 0. The predicted molar refractivity (Wildman–Crippen MR) is 93.0 cm³/mol. The molecule has 5 unspecified atom stereocenters. The highest BCUT2D eigenvalue weighted by atomic mass is 32.2. The Morgan fingerprint density at radius 3 is 2.34 bits per heavy atom. The van der Waals surface area contributed by atoms with E-state index in [-0.39, 0.29) is 25.2 Å². The van der Waals surface area contributed by atoms with E-state index in [0.29, 0.717) is 12.8 Å². The van der Waals surface area contributed by atoms with Crippen LogP contribution < -0.4 is 0 Å². The molecule has 1 N–H and O–H groups in total. The van der Waals surface area contributed by atoms with Crippen molar-refractivity contribution in [3.05, 3.63) is 0 Å². The fourth-order valence-corrected chi connectivity index (χ4v) is 6.43. The van der Waals surface area contributed by atoms with E-state index in [1.54, 1.807) is 0 Å². The highest BCUT2D eigenvalue weighted by Crippen LogP contribution is 2.65. The van der Waals surface area contributed by atoms with Crippen molar-refractivity contribution in [3.8, 4) is 0 Å². The first kappa shape index (κ1) is 21.9. The van der Waals surface area contributed by atoms with Gasteiger partial charge in [-0.3, -0.25) is 9.35 Å².